The summed E-state index contributed by atoms with van der Waals surface area (Å²) < 4.78 is 5.11. The van der Waals surface area contributed by atoms with Crippen molar-refractivity contribution in [1.82, 2.24) is 5.43 Å². The van der Waals surface area contributed by atoms with Gasteiger partial charge in [0, 0.05) is 23.6 Å². The van der Waals surface area contributed by atoms with Gasteiger partial charge in [0.1, 0.15) is 5.75 Å². The van der Waals surface area contributed by atoms with Gasteiger partial charge in [0.2, 0.25) is 11.8 Å². The maximum atomic E-state index is 11.9. The van der Waals surface area contributed by atoms with Crippen LogP contribution in [0.4, 0.5) is 5.69 Å². The number of hydrogen-bond acceptors (Lipinski definition) is 4. The fraction of sp³-hybridized carbons (Fsp3) is 0.211. The molecule has 136 valence electrons. The molecule has 0 aliphatic carbocycles. The highest BCUT2D eigenvalue weighted by atomic mass is 35.5. The summed E-state index contributed by atoms with van der Waals surface area (Å²) in [6.07, 6.45) is 1.61. The number of hydrazone groups is 1. The average molecular weight is 374 g/mol. The number of nitrogens with zero attached hydrogens (tertiary/aromatic N) is 1. The van der Waals surface area contributed by atoms with Crippen molar-refractivity contribution in [1.29, 1.82) is 0 Å². The lowest BCUT2D eigenvalue weighted by atomic mass is 10.2. The fourth-order valence-corrected chi connectivity index (χ4v) is 2.39. The van der Waals surface area contributed by atoms with Crippen molar-refractivity contribution in [2.75, 3.05) is 12.4 Å². The van der Waals surface area contributed by atoms with Crippen LogP contribution in [0.2, 0.25) is 5.02 Å². The number of nitrogens with one attached hydrogen (secondary N) is 2. The van der Waals surface area contributed by atoms with Crippen molar-refractivity contribution < 1.29 is 14.3 Å². The van der Waals surface area contributed by atoms with Crippen molar-refractivity contribution in [2.24, 2.45) is 5.10 Å². The van der Waals surface area contributed by atoms with E-state index in [0.717, 1.165) is 11.1 Å². The van der Waals surface area contributed by atoms with E-state index in [1.165, 1.54) is 6.21 Å². The molecule has 0 heterocycles. The molecule has 0 saturated heterocycles. The molecule has 2 amide bonds. The highest BCUT2D eigenvalue weighted by Crippen LogP contribution is 2.19. The van der Waals surface area contributed by atoms with Crippen LogP contribution in [0, 0.1) is 6.92 Å². The molecule has 0 atom stereocenters. The van der Waals surface area contributed by atoms with Crippen LogP contribution in [0.3, 0.4) is 0 Å². The zero-order valence-electron chi connectivity index (χ0n) is 14.6. The van der Waals surface area contributed by atoms with E-state index in [2.05, 4.69) is 15.8 Å². The number of ether oxygens (including phenoxy) is 1. The molecule has 2 aromatic carbocycles. The molecule has 0 spiro atoms. The minimum atomic E-state index is -0.341. The van der Waals surface area contributed by atoms with Crippen LogP contribution >= 0.6 is 11.6 Å². The maximum absolute atomic E-state index is 11.9. The highest BCUT2D eigenvalue weighted by molar-refractivity contribution is 6.30. The first-order chi connectivity index (χ1) is 12.5. The van der Waals surface area contributed by atoms with Gasteiger partial charge in [0.15, 0.2) is 0 Å². The van der Waals surface area contributed by atoms with E-state index in [1.807, 2.05) is 25.1 Å². The third-order valence-electron chi connectivity index (χ3n) is 3.54. The normalized spacial score (nSPS) is 10.6. The Morgan fingerprint density at radius 1 is 1.15 bits per heavy atom. The Morgan fingerprint density at radius 3 is 2.65 bits per heavy atom. The van der Waals surface area contributed by atoms with Gasteiger partial charge in [-0.2, -0.15) is 5.10 Å². The Bertz CT molecular complexity index is 821. The van der Waals surface area contributed by atoms with Crippen LogP contribution in [0.1, 0.15) is 24.0 Å². The molecule has 0 aliphatic heterocycles. The number of hydrogen-bond donors (Lipinski definition) is 2. The molecule has 2 N–H and O–H groups in total. The van der Waals surface area contributed by atoms with E-state index in [-0.39, 0.29) is 24.7 Å². The van der Waals surface area contributed by atoms with Gasteiger partial charge in [0.25, 0.3) is 0 Å². The van der Waals surface area contributed by atoms with Gasteiger partial charge in [-0.3, -0.25) is 9.59 Å². The third-order valence-corrected chi connectivity index (χ3v) is 3.77. The molecule has 2 rings (SSSR count). The van der Waals surface area contributed by atoms with Crippen molar-refractivity contribution in [3.05, 3.63) is 58.6 Å². The molecule has 0 unspecified atom stereocenters. The molecular weight excluding hydrogens is 354 g/mol. The second-order valence-electron chi connectivity index (χ2n) is 5.58. The first kappa shape index (κ1) is 19.5. The number of rotatable bonds is 7. The van der Waals surface area contributed by atoms with E-state index in [9.17, 15) is 9.59 Å². The molecule has 2 aromatic rings. The minimum Gasteiger partial charge on any atom is -0.497 e. The molecular formula is C19H20ClN3O3. The Labute approximate surface area is 157 Å². The van der Waals surface area contributed by atoms with E-state index in [0.29, 0.717) is 16.5 Å². The number of aryl methyl sites for hydroxylation is 1. The van der Waals surface area contributed by atoms with Gasteiger partial charge in [-0.25, -0.2) is 5.43 Å². The van der Waals surface area contributed by atoms with E-state index in [1.54, 1.807) is 31.4 Å². The first-order valence-electron chi connectivity index (χ1n) is 8.00. The average Bonchev–Trinajstić information content (AvgIpc) is 2.62. The summed E-state index contributed by atoms with van der Waals surface area (Å²) in [7, 11) is 1.58. The Kier molecular flexibility index (Phi) is 7.17. The Balaban J connectivity index is 1.77. The van der Waals surface area contributed by atoms with Crippen molar-refractivity contribution in [2.45, 2.75) is 19.8 Å². The summed E-state index contributed by atoms with van der Waals surface area (Å²) in [5.74, 6) is 0.115. The Hall–Kier alpha value is -2.86. The molecule has 0 bridgehead atoms. The van der Waals surface area contributed by atoms with Gasteiger partial charge in [-0.15, -0.1) is 0 Å². The van der Waals surface area contributed by atoms with Crippen molar-refractivity contribution in [3.63, 3.8) is 0 Å². The summed E-state index contributed by atoms with van der Waals surface area (Å²) in [4.78, 5) is 23.7. The lowest BCUT2D eigenvalue weighted by Crippen LogP contribution is -2.20. The van der Waals surface area contributed by atoms with Crippen LogP contribution in [-0.2, 0) is 9.59 Å². The summed E-state index contributed by atoms with van der Waals surface area (Å²) in [5.41, 5.74) is 4.73. The van der Waals surface area contributed by atoms with E-state index < -0.39 is 0 Å². The number of methoxy groups -OCH3 is 1. The number of anilines is 1. The lowest BCUT2D eigenvalue weighted by molar-refractivity contribution is -0.124. The number of carbonyl (C=O) groups is 2. The molecule has 26 heavy (non-hydrogen) atoms. The minimum absolute atomic E-state index is 0.0356. The highest BCUT2D eigenvalue weighted by Gasteiger charge is 2.08. The summed E-state index contributed by atoms with van der Waals surface area (Å²) >= 11 is 5.88. The van der Waals surface area contributed by atoms with Crippen LogP contribution < -0.4 is 15.5 Å². The van der Waals surface area contributed by atoms with Gasteiger partial charge in [-0.1, -0.05) is 23.7 Å². The van der Waals surface area contributed by atoms with E-state index in [4.69, 9.17) is 16.3 Å². The molecule has 0 aliphatic rings. The number of halogens is 1. The maximum Gasteiger partial charge on any atom is 0.240 e. The second-order valence-corrected chi connectivity index (χ2v) is 6.01. The van der Waals surface area contributed by atoms with Gasteiger partial charge < -0.3 is 10.1 Å². The lowest BCUT2D eigenvalue weighted by Gasteiger charge is -2.08. The van der Waals surface area contributed by atoms with Crippen LogP contribution in [0.15, 0.2) is 47.6 Å². The fourth-order valence-electron chi connectivity index (χ4n) is 2.16. The van der Waals surface area contributed by atoms with Crippen LogP contribution in [-0.4, -0.2) is 25.1 Å². The van der Waals surface area contributed by atoms with Gasteiger partial charge >= 0.3 is 0 Å². The predicted molar refractivity (Wildman–Crippen MR) is 103 cm³/mol. The molecule has 0 radical (unpaired) electrons. The van der Waals surface area contributed by atoms with Crippen LogP contribution in [0.25, 0.3) is 0 Å². The van der Waals surface area contributed by atoms with Gasteiger partial charge in [-0.05, 0) is 48.4 Å². The standard InChI is InChI=1S/C19H20ClN3O3/c1-13-10-15(20)6-7-17(13)22-18(24)8-9-19(25)23-21-12-14-4-3-5-16(11-14)26-2/h3-7,10-12H,8-9H2,1-2H3,(H,22,24)(H,23,25)/b21-12+. The van der Waals surface area contributed by atoms with E-state index >= 15 is 0 Å². The molecule has 0 fully saturated rings. The van der Waals surface area contributed by atoms with Gasteiger partial charge in [0.05, 0.1) is 13.3 Å². The quantitative estimate of drug-likeness (QED) is 0.575. The summed E-state index contributed by atoms with van der Waals surface area (Å²) in [6, 6.07) is 12.5. The predicted octanol–water partition coefficient (Wildman–Crippen LogP) is 3.53. The number of carbonyl (C=O) groups excluding carboxylic acids is 2. The second kappa shape index (κ2) is 9.58. The zero-order chi connectivity index (χ0) is 18.9. The topological polar surface area (TPSA) is 79.8 Å². The molecule has 0 aromatic heterocycles. The smallest absolute Gasteiger partial charge is 0.240 e. The molecule has 7 heteroatoms. The monoisotopic (exact) mass is 373 g/mol. The first-order valence-corrected chi connectivity index (χ1v) is 8.37. The van der Waals surface area contributed by atoms with Crippen molar-refractivity contribution in [3.8, 4) is 5.75 Å². The number of benzene rings is 2. The molecule has 0 saturated carbocycles. The summed E-state index contributed by atoms with van der Waals surface area (Å²) in [5, 5.41) is 7.24. The third kappa shape index (κ3) is 6.22. The largest absolute Gasteiger partial charge is 0.497 e. The molecule has 6 nitrogen and oxygen atoms in total. The van der Waals surface area contributed by atoms with Crippen molar-refractivity contribution >= 4 is 35.3 Å². The Morgan fingerprint density at radius 2 is 1.92 bits per heavy atom. The zero-order valence-corrected chi connectivity index (χ0v) is 15.3. The summed E-state index contributed by atoms with van der Waals surface area (Å²) in [6.45, 7) is 1.85. The number of amides is 2. The SMILES string of the molecule is COc1cccc(/C=N/NC(=O)CCC(=O)Nc2ccc(Cl)cc2C)c1. The van der Waals surface area contributed by atoms with Crippen LogP contribution in [0.5, 0.6) is 5.75 Å².